The first-order valence-electron chi connectivity index (χ1n) is 8.62. The van der Waals surface area contributed by atoms with E-state index in [1.807, 2.05) is 12.3 Å². The van der Waals surface area contributed by atoms with Crippen LogP contribution >= 0.6 is 0 Å². The van der Waals surface area contributed by atoms with E-state index in [0.29, 0.717) is 12.0 Å². The number of hydrogen-bond donors (Lipinski definition) is 0. The molecule has 0 atom stereocenters. The lowest BCUT2D eigenvalue weighted by Gasteiger charge is -2.30. The van der Waals surface area contributed by atoms with Crippen LogP contribution in [-0.4, -0.2) is 32.9 Å². The smallest absolute Gasteiger partial charge is 0.271 e. The maximum absolute atomic E-state index is 13.1. The highest BCUT2D eigenvalue weighted by molar-refractivity contribution is 6.02. The molecule has 0 aromatic carbocycles. The van der Waals surface area contributed by atoms with Crippen molar-refractivity contribution in [3.05, 3.63) is 29.6 Å². The number of aromatic nitrogens is 2. The molecule has 114 valence electrons. The molecule has 5 rings (SSSR count). The fourth-order valence-corrected chi connectivity index (χ4v) is 4.44. The zero-order chi connectivity index (χ0) is 14.7. The Morgan fingerprint density at radius 2 is 1.91 bits per heavy atom. The molecule has 4 heteroatoms. The van der Waals surface area contributed by atoms with Gasteiger partial charge in [0, 0.05) is 30.9 Å². The molecule has 0 radical (unpaired) electrons. The Kier molecular flexibility index (Phi) is 2.64. The summed E-state index contributed by atoms with van der Waals surface area (Å²) in [5, 5.41) is 0. The van der Waals surface area contributed by atoms with Gasteiger partial charge >= 0.3 is 0 Å². The van der Waals surface area contributed by atoms with E-state index in [0.717, 1.165) is 29.8 Å². The van der Waals surface area contributed by atoms with Gasteiger partial charge in [-0.05, 0) is 43.7 Å². The predicted molar refractivity (Wildman–Crippen MR) is 85.0 cm³/mol. The summed E-state index contributed by atoms with van der Waals surface area (Å²) in [4.78, 5) is 19.9. The fraction of sp³-hybridized carbons (Fsp3) is 0.556. The number of amides is 1. The molecule has 2 fully saturated rings. The molecule has 0 saturated heterocycles. The topological polar surface area (TPSA) is 38.1 Å². The molecule has 0 spiro atoms. The summed E-state index contributed by atoms with van der Waals surface area (Å²) in [7, 11) is 0. The maximum Gasteiger partial charge on any atom is 0.271 e. The summed E-state index contributed by atoms with van der Waals surface area (Å²) in [6.45, 7) is 1.78. The van der Waals surface area contributed by atoms with Crippen LogP contribution in [0.2, 0.25) is 0 Å². The molecular formula is C18H21N3O. The van der Waals surface area contributed by atoms with Crippen molar-refractivity contribution in [1.82, 2.24) is 14.5 Å². The van der Waals surface area contributed by atoms with Crippen LogP contribution in [-0.2, 0) is 6.54 Å². The van der Waals surface area contributed by atoms with Crippen LogP contribution in [0.3, 0.4) is 0 Å². The second-order valence-corrected chi connectivity index (χ2v) is 7.00. The Balaban J connectivity index is 1.74. The van der Waals surface area contributed by atoms with E-state index >= 15 is 0 Å². The van der Waals surface area contributed by atoms with Crippen molar-refractivity contribution in [3.63, 3.8) is 0 Å². The largest absolute Gasteiger partial charge is 0.333 e. The number of rotatable bonds is 2. The summed E-state index contributed by atoms with van der Waals surface area (Å²) < 4.78 is 2.25. The maximum atomic E-state index is 13.1. The van der Waals surface area contributed by atoms with E-state index in [1.54, 1.807) is 0 Å². The van der Waals surface area contributed by atoms with Crippen molar-refractivity contribution in [2.24, 2.45) is 0 Å². The lowest BCUT2D eigenvalue weighted by molar-refractivity contribution is 0.0690. The van der Waals surface area contributed by atoms with Crippen molar-refractivity contribution >= 4 is 16.9 Å². The number of carbonyl (C=O) groups excluding carboxylic acids is 1. The lowest BCUT2D eigenvalue weighted by atomic mass is 9.95. The molecule has 0 N–H and O–H groups in total. The molecule has 2 aliphatic carbocycles. The number of carbonyl (C=O) groups is 1. The van der Waals surface area contributed by atoms with E-state index in [1.165, 1.54) is 44.1 Å². The predicted octanol–water partition coefficient (Wildman–Crippen LogP) is 3.31. The molecule has 3 aliphatic rings. The average Bonchev–Trinajstić information content (AvgIpc) is 3.12. The van der Waals surface area contributed by atoms with Crippen LogP contribution in [0.25, 0.3) is 11.0 Å². The molecule has 2 saturated carbocycles. The lowest BCUT2D eigenvalue weighted by Crippen LogP contribution is -2.42. The van der Waals surface area contributed by atoms with Gasteiger partial charge in [-0.1, -0.05) is 12.8 Å². The molecule has 2 aromatic heterocycles. The monoisotopic (exact) mass is 295 g/mol. The zero-order valence-corrected chi connectivity index (χ0v) is 12.8. The van der Waals surface area contributed by atoms with Gasteiger partial charge in [-0.3, -0.25) is 9.78 Å². The molecule has 1 aliphatic heterocycles. The number of pyridine rings is 1. The SMILES string of the molecule is O=C1c2c(C3CCCC3)c3ncccc3n2CCN1C1CC1. The summed E-state index contributed by atoms with van der Waals surface area (Å²) >= 11 is 0. The minimum atomic E-state index is 0.258. The Hall–Kier alpha value is -1.84. The average molecular weight is 295 g/mol. The molecule has 4 nitrogen and oxygen atoms in total. The standard InChI is InChI=1S/C18H21N3O/c22-18-17-15(12-4-1-2-5-12)16-14(6-3-9-19-16)21(17)11-10-20(18)13-7-8-13/h3,6,9,12-13H,1-2,4-5,7-8,10-11H2. The highest BCUT2D eigenvalue weighted by atomic mass is 16.2. The molecule has 22 heavy (non-hydrogen) atoms. The van der Waals surface area contributed by atoms with Gasteiger partial charge in [0.05, 0.1) is 11.0 Å². The van der Waals surface area contributed by atoms with Crippen LogP contribution in [0.4, 0.5) is 0 Å². The Morgan fingerprint density at radius 1 is 1.09 bits per heavy atom. The highest BCUT2D eigenvalue weighted by Gasteiger charge is 2.40. The molecule has 3 heterocycles. The summed E-state index contributed by atoms with van der Waals surface area (Å²) in [6.07, 6.45) is 9.22. The Morgan fingerprint density at radius 3 is 2.68 bits per heavy atom. The minimum Gasteiger partial charge on any atom is -0.333 e. The van der Waals surface area contributed by atoms with Crippen LogP contribution in [0.15, 0.2) is 18.3 Å². The van der Waals surface area contributed by atoms with Crippen molar-refractivity contribution in [3.8, 4) is 0 Å². The third kappa shape index (κ3) is 1.70. The number of fused-ring (bicyclic) bond motifs is 3. The molecule has 2 aromatic rings. The van der Waals surface area contributed by atoms with Gasteiger partial charge in [-0.25, -0.2) is 0 Å². The van der Waals surface area contributed by atoms with Gasteiger partial charge in [-0.2, -0.15) is 0 Å². The number of nitrogens with zero attached hydrogens (tertiary/aromatic N) is 3. The number of hydrogen-bond acceptors (Lipinski definition) is 2. The Bertz CT molecular complexity index is 753. The first-order valence-corrected chi connectivity index (χ1v) is 8.62. The van der Waals surface area contributed by atoms with Crippen LogP contribution < -0.4 is 0 Å². The van der Waals surface area contributed by atoms with Gasteiger partial charge in [0.1, 0.15) is 5.69 Å². The second-order valence-electron chi connectivity index (χ2n) is 7.00. The molecule has 0 bridgehead atoms. The van der Waals surface area contributed by atoms with Crippen molar-refractivity contribution < 1.29 is 4.79 Å². The van der Waals surface area contributed by atoms with Crippen LogP contribution in [0.5, 0.6) is 0 Å². The summed E-state index contributed by atoms with van der Waals surface area (Å²) in [5.74, 6) is 0.783. The van der Waals surface area contributed by atoms with Crippen molar-refractivity contribution in [2.45, 2.75) is 57.0 Å². The summed E-state index contributed by atoms with van der Waals surface area (Å²) in [6, 6.07) is 4.62. The molecule has 0 unspecified atom stereocenters. The van der Waals surface area contributed by atoms with Gasteiger partial charge < -0.3 is 9.47 Å². The van der Waals surface area contributed by atoms with E-state index in [-0.39, 0.29) is 5.91 Å². The zero-order valence-electron chi connectivity index (χ0n) is 12.8. The van der Waals surface area contributed by atoms with E-state index in [9.17, 15) is 4.79 Å². The normalized spacial score (nSPS) is 22.5. The molecular weight excluding hydrogens is 274 g/mol. The van der Waals surface area contributed by atoms with E-state index in [2.05, 4.69) is 20.5 Å². The minimum absolute atomic E-state index is 0.258. The highest BCUT2D eigenvalue weighted by Crippen LogP contribution is 2.42. The first kappa shape index (κ1) is 12.7. The molecule has 1 amide bonds. The van der Waals surface area contributed by atoms with Crippen LogP contribution in [0, 0.1) is 0 Å². The van der Waals surface area contributed by atoms with E-state index < -0.39 is 0 Å². The second kappa shape index (κ2) is 4.58. The van der Waals surface area contributed by atoms with E-state index in [4.69, 9.17) is 0 Å². The third-order valence-electron chi connectivity index (χ3n) is 5.64. The van der Waals surface area contributed by atoms with Gasteiger partial charge in [0.15, 0.2) is 0 Å². The van der Waals surface area contributed by atoms with Crippen LogP contribution in [0.1, 0.15) is 60.5 Å². The Labute approximate surface area is 130 Å². The van der Waals surface area contributed by atoms with Gasteiger partial charge in [0.25, 0.3) is 5.91 Å². The first-order chi connectivity index (χ1) is 10.8. The van der Waals surface area contributed by atoms with Gasteiger partial charge in [-0.15, -0.1) is 0 Å². The van der Waals surface area contributed by atoms with Crippen molar-refractivity contribution in [1.29, 1.82) is 0 Å². The fourth-order valence-electron chi connectivity index (χ4n) is 4.44. The van der Waals surface area contributed by atoms with Gasteiger partial charge in [0.2, 0.25) is 0 Å². The third-order valence-corrected chi connectivity index (χ3v) is 5.64. The quantitative estimate of drug-likeness (QED) is 0.852. The van der Waals surface area contributed by atoms with Crippen molar-refractivity contribution in [2.75, 3.05) is 6.54 Å². The summed E-state index contributed by atoms with van der Waals surface area (Å²) in [5.41, 5.74) is 4.45.